The van der Waals surface area contributed by atoms with Gasteiger partial charge in [0.1, 0.15) is 10.7 Å². The Labute approximate surface area is 135 Å². The van der Waals surface area contributed by atoms with Crippen molar-refractivity contribution in [2.45, 2.75) is 6.92 Å². The number of hydrogen-bond acceptors (Lipinski definition) is 6. The van der Waals surface area contributed by atoms with Gasteiger partial charge in [-0.15, -0.1) is 0 Å². The van der Waals surface area contributed by atoms with Crippen molar-refractivity contribution < 1.29 is 18.9 Å². The predicted octanol–water partition coefficient (Wildman–Crippen LogP) is 2.68. The maximum absolute atomic E-state index is 11.6. The normalized spacial score (nSPS) is 10.7. The van der Waals surface area contributed by atoms with Crippen LogP contribution < -0.4 is 10.2 Å². The molecular weight excluding hydrogens is 326 g/mol. The minimum Gasteiger partial charge on any atom is -0.483 e. The number of hydrazone groups is 1. The lowest BCUT2D eigenvalue weighted by atomic mass is 10.2. The number of hydrogen-bond donors (Lipinski definition) is 1. The van der Waals surface area contributed by atoms with Crippen LogP contribution in [0, 0.1) is 17.0 Å². The highest BCUT2D eigenvalue weighted by Crippen LogP contribution is 2.21. The van der Waals surface area contributed by atoms with Gasteiger partial charge in [-0.25, -0.2) is 5.43 Å². The molecule has 0 fully saturated rings. The number of amides is 1. The third-order valence-corrected chi connectivity index (χ3v) is 2.90. The molecule has 23 heavy (non-hydrogen) atoms. The molecule has 9 heteroatoms. The van der Waals surface area contributed by atoms with Crippen LogP contribution in [-0.4, -0.2) is 23.7 Å². The van der Waals surface area contributed by atoms with Crippen molar-refractivity contribution in [3.8, 4) is 5.75 Å². The number of aryl methyl sites for hydroxylation is 1. The number of halogens is 1. The second kappa shape index (κ2) is 7.41. The van der Waals surface area contributed by atoms with E-state index in [2.05, 4.69) is 10.5 Å². The van der Waals surface area contributed by atoms with Crippen LogP contribution in [0.4, 0.5) is 5.88 Å². The van der Waals surface area contributed by atoms with Gasteiger partial charge in [0.2, 0.25) is 0 Å². The molecule has 0 aliphatic carbocycles. The van der Waals surface area contributed by atoms with Crippen LogP contribution in [-0.2, 0) is 4.79 Å². The molecule has 2 rings (SSSR count). The van der Waals surface area contributed by atoms with Gasteiger partial charge in [-0.1, -0.05) is 11.6 Å². The molecule has 0 bridgehead atoms. The third-order valence-electron chi connectivity index (χ3n) is 2.67. The van der Waals surface area contributed by atoms with Gasteiger partial charge in [-0.2, -0.15) is 5.10 Å². The van der Waals surface area contributed by atoms with Gasteiger partial charge in [0.25, 0.3) is 5.91 Å². The first kappa shape index (κ1) is 16.5. The number of nitrogens with zero attached hydrogens (tertiary/aromatic N) is 2. The molecule has 0 aliphatic rings. The topological polar surface area (TPSA) is 107 Å². The molecule has 1 aromatic heterocycles. The lowest BCUT2D eigenvalue weighted by Gasteiger charge is -2.08. The second-order valence-electron chi connectivity index (χ2n) is 4.42. The first-order valence-electron chi connectivity index (χ1n) is 6.41. The molecule has 0 saturated heterocycles. The Hall–Kier alpha value is -2.87. The highest BCUT2D eigenvalue weighted by molar-refractivity contribution is 6.30. The van der Waals surface area contributed by atoms with Crippen molar-refractivity contribution in [1.29, 1.82) is 0 Å². The van der Waals surface area contributed by atoms with E-state index in [0.717, 1.165) is 11.8 Å². The van der Waals surface area contributed by atoms with Crippen molar-refractivity contribution >= 4 is 29.6 Å². The average Bonchev–Trinajstić information content (AvgIpc) is 2.95. The summed E-state index contributed by atoms with van der Waals surface area (Å²) in [5.74, 6) is -0.211. The molecule has 0 spiro atoms. The van der Waals surface area contributed by atoms with Gasteiger partial charge in [0.15, 0.2) is 12.4 Å². The molecule has 120 valence electrons. The van der Waals surface area contributed by atoms with E-state index in [1.807, 2.05) is 0 Å². The standard InChI is InChI=1S/C14H12ClN3O5/c1-9-6-10(15)2-4-12(9)22-8-13(19)17-16-7-11-3-5-14(23-11)18(20)21/h2-7H,8H2,1H3,(H,17,19)/b16-7-. The largest absolute Gasteiger partial charge is 0.483 e. The second-order valence-corrected chi connectivity index (χ2v) is 4.86. The summed E-state index contributed by atoms with van der Waals surface area (Å²) in [6, 6.07) is 7.59. The van der Waals surface area contributed by atoms with Crippen LogP contribution in [0.25, 0.3) is 0 Å². The number of carbonyl (C=O) groups is 1. The molecule has 1 aromatic carbocycles. The fraction of sp³-hybridized carbons (Fsp3) is 0.143. The van der Waals surface area contributed by atoms with Crippen LogP contribution in [0.2, 0.25) is 5.02 Å². The summed E-state index contributed by atoms with van der Waals surface area (Å²) >= 11 is 5.82. The molecule has 1 amide bonds. The highest BCUT2D eigenvalue weighted by Gasteiger charge is 2.10. The number of carbonyl (C=O) groups excluding carboxylic acids is 1. The number of nitro groups is 1. The molecule has 0 aliphatic heterocycles. The summed E-state index contributed by atoms with van der Waals surface area (Å²) in [6.07, 6.45) is 1.15. The minimum atomic E-state index is -0.668. The third kappa shape index (κ3) is 4.82. The zero-order valence-corrected chi connectivity index (χ0v) is 12.7. The van der Waals surface area contributed by atoms with E-state index in [9.17, 15) is 14.9 Å². The van der Waals surface area contributed by atoms with Crippen molar-refractivity contribution in [3.63, 3.8) is 0 Å². The number of furan rings is 1. The van der Waals surface area contributed by atoms with Gasteiger partial charge in [0.05, 0.1) is 12.3 Å². The first-order chi connectivity index (χ1) is 11.0. The maximum Gasteiger partial charge on any atom is 0.433 e. The van der Waals surface area contributed by atoms with E-state index in [1.54, 1.807) is 25.1 Å². The monoisotopic (exact) mass is 337 g/mol. The van der Waals surface area contributed by atoms with Crippen molar-refractivity contribution in [2.24, 2.45) is 5.10 Å². The van der Waals surface area contributed by atoms with Crippen LogP contribution in [0.15, 0.2) is 39.9 Å². The van der Waals surface area contributed by atoms with E-state index >= 15 is 0 Å². The van der Waals surface area contributed by atoms with E-state index < -0.39 is 16.7 Å². The Morgan fingerprint density at radius 1 is 1.48 bits per heavy atom. The quantitative estimate of drug-likeness (QED) is 0.495. The molecule has 0 unspecified atom stereocenters. The average molecular weight is 338 g/mol. The fourth-order valence-corrected chi connectivity index (χ4v) is 1.85. The van der Waals surface area contributed by atoms with E-state index in [0.29, 0.717) is 10.8 Å². The Kier molecular flexibility index (Phi) is 5.32. The van der Waals surface area contributed by atoms with Crippen LogP contribution in [0.1, 0.15) is 11.3 Å². The molecule has 0 radical (unpaired) electrons. The Morgan fingerprint density at radius 2 is 2.26 bits per heavy atom. The van der Waals surface area contributed by atoms with Gasteiger partial charge in [-0.05, 0) is 36.8 Å². The molecule has 0 atom stereocenters. The zero-order chi connectivity index (χ0) is 16.8. The molecule has 1 heterocycles. The van der Waals surface area contributed by atoms with Crippen LogP contribution >= 0.6 is 11.6 Å². The van der Waals surface area contributed by atoms with Crippen molar-refractivity contribution in [1.82, 2.24) is 5.43 Å². The van der Waals surface area contributed by atoms with Gasteiger partial charge in [-0.3, -0.25) is 14.9 Å². The smallest absolute Gasteiger partial charge is 0.433 e. The van der Waals surface area contributed by atoms with E-state index in [-0.39, 0.29) is 12.4 Å². The molecular formula is C14H12ClN3O5. The highest BCUT2D eigenvalue weighted by atomic mass is 35.5. The number of rotatable bonds is 6. The lowest BCUT2D eigenvalue weighted by molar-refractivity contribution is -0.402. The van der Waals surface area contributed by atoms with Gasteiger partial charge in [0, 0.05) is 5.02 Å². The Morgan fingerprint density at radius 3 is 2.91 bits per heavy atom. The summed E-state index contributed by atoms with van der Waals surface area (Å²) < 4.78 is 10.2. The van der Waals surface area contributed by atoms with Crippen LogP contribution in [0.5, 0.6) is 5.75 Å². The Bertz CT molecular complexity index is 757. The first-order valence-corrected chi connectivity index (χ1v) is 6.78. The summed E-state index contributed by atoms with van der Waals surface area (Å²) in [4.78, 5) is 21.4. The number of benzene rings is 1. The maximum atomic E-state index is 11.6. The zero-order valence-electron chi connectivity index (χ0n) is 12.0. The van der Waals surface area contributed by atoms with Crippen molar-refractivity contribution in [2.75, 3.05) is 6.61 Å². The molecule has 1 N–H and O–H groups in total. The fourth-order valence-electron chi connectivity index (χ4n) is 1.63. The number of nitrogens with one attached hydrogen (secondary N) is 1. The summed E-state index contributed by atoms with van der Waals surface area (Å²) in [5.41, 5.74) is 3.02. The number of ether oxygens (including phenoxy) is 1. The summed E-state index contributed by atoms with van der Waals surface area (Å²) in [5, 5.41) is 14.6. The summed E-state index contributed by atoms with van der Waals surface area (Å²) in [6.45, 7) is 1.57. The van der Waals surface area contributed by atoms with Crippen LogP contribution in [0.3, 0.4) is 0 Å². The lowest BCUT2D eigenvalue weighted by Crippen LogP contribution is -2.24. The predicted molar refractivity (Wildman–Crippen MR) is 82.8 cm³/mol. The van der Waals surface area contributed by atoms with Gasteiger partial charge < -0.3 is 9.15 Å². The minimum absolute atomic E-state index is 0.145. The van der Waals surface area contributed by atoms with Gasteiger partial charge >= 0.3 is 5.88 Å². The summed E-state index contributed by atoms with van der Waals surface area (Å²) in [7, 11) is 0. The molecule has 0 saturated carbocycles. The Balaban J connectivity index is 1.82. The molecule has 8 nitrogen and oxygen atoms in total. The SMILES string of the molecule is Cc1cc(Cl)ccc1OCC(=O)N/N=C\c1ccc([N+](=O)[O-])o1. The molecule has 2 aromatic rings. The van der Waals surface area contributed by atoms with Crippen molar-refractivity contribution in [3.05, 3.63) is 56.8 Å². The van der Waals surface area contributed by atoms with E-state index in [4.69, 9.17) is 20.8 Å². The van der Waals surface area contributed by atoms with E-state index in [1.165, 1.54) is 12.1 Å².